The third-order valence-corrected chi connectivity index (χ3v) is 6.44. The van der Waals surface area contributed by atoms with Crippen LogP contribution in [0.2, 0.25) is 0 Å². The maximum Gasteiger partial charge on any atom is 0.0231 e. The van der Waals surface area contributed by atoms with Gasteiger partial charge in [0.15, 0.2) is 0 Å². The Bertz CT molecular complexity index is 916. The smallest absolute Gasteiger partial charge is 0.0231 e. The van der Waals surface area contributed by atoms with Crippen molar-refractivity contribution < 1.29 is 0 Å². The number of hydrogen-bond donors (Lipinski definition) is 1. The van der Waals surface area contributed by atoms with Crippen LogP contribution in [0.25, 0.3) is 0 Å². The normalized spacial score (nSPS) is 13.5. The number of nitrogens with zero attached hydrogens (tertiary/aromatic N) is 3. The molecule has 0 aromatic heterocycles. The summed E-state index contributed by atoms with van der Waals surface area (Å²) in [5, 5.41) is 0. The molecule has 0 heterocycles. The molecule has 0 aliphatic rings. The predicted octanol–water partition coefficient (Wildman–Crippen LogP) is 4.72. The SMILES string of the molecule is CN(CCC(CN(C)Cc1ccccc1)C(N)CN(C)Cc1ccccc1)Cc1ccccc1. The van der Waals surface area contributed by atoms with Gasteiger partial charge in [-0.3, -0.25) is 0 Å². The molecule has 4 nitrogen and oxygen atoms in total. The summed E-state index contributed by atoms with van der Waals surface area (Å²) in [6.45, 7) is 5.76. The number of rotatable bonds is 14. The third-order valence-electron chi connectivity index (χ3n) is 6.44. The Labute approximate surface area is 207 Å². The number of likely N-dealkylation sites (N-methyl/N-ethyl adjacent to an activating group) is 1. The minimum Gasteiger partial charge on any atom is -0.326 e. The molecule has 0 amide bonds. The minimum atomic E-state index is 0.122. The Morgan fingerprint density at radius 1 is 0.559 bits per heavy atom. The highest BCUT2D eigenvalue weighted by atomic mass is 15.1. The number of benzene rings is 3. The molecule has 182 valence electrons. The maximum absolute atomic E-state index is 6.87. The summed E-state index contributed by atoms with van der Waals surface area (Å²) in [7, 11) is 6.61. The summed E-state index contributed by atoms with van der Waals surface area (Å²) >= 11 is 0. The molecule has 0 fully saturated rings. The van der Waals surface area contributed by atoms with E-state index in [9.17, 15) is 0 Å². The van der Waals surface area contributed by atoms with E-state index in [0.717, 1.165) is 45.7 Å². The van der Waals surface area contributed by atoms with Crippen LogP contribution >= 0.6 is 0 Å². The van der Waals surface area contributed by atoms with Crippen molar-refractivity contribution in [2.75, 3.05) is 40.8 Å². The van der Waals surface area contributed by atoms with Crippen molar-refractivity contribution in [2.24, 2.45) is 11.7 Å². The first-order valence-electron chi connectivity index (χ1n) is 12.4. The molecule has 0 saturated carbocycles. The van der Waals surface area contributed by atoms with Gasteiger partial charge in [-0.15, -0.1) is 0 Å². The van der Waals surface area contributed by atoms with E-state index >= 15 is 0 Å². The molecule has 3 aromatic rings. The van der Waals surface area contributed by atoms with Gasteiger partial charge in [-0.2, -0.15) is 0 Å². The molecular formula is C30H42N4. The quantitative estimate of drug-likeness (QED) is 0.379. The lowest BCUT2D eigenvalue weighted by Crippen LogP contribution is -2.45. The molecule has 2 unspecified atom stereocenters. The largest absolute Gasteiger partial charge is 0.326 e. The molecule has 2 atom stereocenters. The molecule has 2 N–H and O–H groups in total. The van der Waals surface area contributed by atoms with Crippen LogP contribution in [-0.4, -0.2) is 61.5 Å². The second-order valence-corrected chi connectivity index (χ2v) is 9.80. The summed E-state index contributed by atoms with van der Waals surface area (Å²) in [5.74, 6) is 0.421. The fourth-order valence-corrected chi connectivity index (χ4v) is 4.63. The number of hydrogen-bond acceptors (Lipinski definition) is 4. The van der Waals surface area contributed by atoms with Gasteiger partial charge in [0.1, 0.15) is 0 Å². The van der Waals surface area contributed by atoms with Crippen LogP contribution in [0.5, 0.6) is 0 Å². The maximum atomic E-state index is 6.87. The van der Waals surface area contributed by atoms with Crippen LogP contribution in [0.15, 0.2) is 91.0 Å². The topological polar surface area (TPSA) is 35.7 Å². The van der Waals surface area contributed by atoms with Crippen molar-refractivity contribution in [3.05, 3.63) is 108 Å². The molecule has 0 aliphatic carbocycles. The van der Waals surface area contributed by atoms with Crippen LogP contribution in [0.1, 0.15) is 23.1 Å². The molecule has 34 heavy (non-hydrogen) atoms. The van der Waals surface area contributed by atoms with Crippen molar-refractivity contribution in [1.82, 2.24) is 14.7 Å². The highest BCUT2D eigenvalue weighted by molar-refractivity contribution is 5.16. The number of nitrogens with two attached hydrogens (primary N) is 1. The minimum absolute atomic E-state index is 0.122. The van der Waals surface area contributed by atoms with Crippen molar-refractivity contribution in [3.8, 4) is 0 Å². The zero-order valence-electron chi connectivity index (χ0n) is 21.2. The Hall–Kier alpha value is -2.50. The first-order chi connectivity index (χ1) is 16.5. The van der Waals surface area contributed by atoms with Gasteiger partial charge in [-0.1, -0.05) is 91.0 Å². The molecule has 0 aliphatic heterocycles. The summed E-state index contributed by atoms with van der Waals surface area (Å²) < 4.78 is 0. The van der Waals surface area contributed by atoms with Crippen molar-refractivity contribution in [2.45, 2.75) is 32.1 Å². The summed E-state index contributed by atoms with van der Waals surface area (Å²) in [4.78, 5) is 7.20. The second-order valence-electron chi connectivity index (χ2n) is 9.80. The van der Waals surface area contributed by atoms with Gasteiger partial charge < -0.3 is 20.4 Å². The van der Waals surface area contributed by atoms with Gasteiger partial charge in [-0.05, 0) is 56.7 Å². The summed E-state index contributed by atoms with van der Waals surface area (Å²) in [6, 6.07) is 32.2. The monoisotopic (exact) mass is 458 g/mol. The van der Waals surface area contributed by atoms with E-state index in [1.54, 1.807) is 0 Å². The Morgan fingerprint density at radius 2 is 0.941 bits per heavy atom. The van der Waals surface area contributed by atoms with Crippen LogP contribution in [0.4, 0.5) is 0 Å². The zero-order chi connectivity index (χ0) is 24.2. The highest BCUT2D eigenvalue weighted by Crippen LogP contribution is 2.15. The van der Waals surface area contributed by atoms with Crippen molar-refractivity contribution in [3.63, 3.8) is 0 Å². The Balaban J connectivity index is 1.58. The van der Waals surface area contributed by atoms with Crippen molar-refractivity contribution in [1.29, 1.82) is 0 Å². The van der Waals surface area contributed by atoms with E-state index in [0.29, 0.717) is 5.92 Å². The van der Waals surface area contributed by atoms with Gasteiger partial charge in [0, 0.05) is 38.8 Å². The lowest BCUT2D eigenvalue weighted by molar-refractivity contribution is 0.184. The highest BCUT2D eigenvalue weighted by Gasteiger charge is 2.22. The molecule has 0 saturated heterocycles. The standard InChI is InChI=1S/C30H42N4/c1-32(21-26-13-7-4-8-14-26)20-19-29(24-33(2)22-27-15-9-5-10-16-27)30(31)25-34(3)23-28-17-11-6-12-18-28/h4-18,29-30H,19-25,31H2,1-3H3. The Morgan fingerprint density at radius 3 is 1.38 bits per heavy atom. The van der Waals surface area contributed by atoms with Crippen LogP contribution < -0.4 is 5.73 Å². The molecule has 0 spiro atoms. The average molecular weight is 459 g/mol. The van der Waals surface area contributed by atoms with Crippen LogP contribution in [0.3, 0.4) is 0 Å². The van der Waals surface area contributed by atoms with E-state index in [4.69, 9.17) is 5.73 Å². The van der Waals surface area contributed by atoms with Crippen LogP contribution in [-0.2, 0) is 19.6 Å². The summed E-state index contributed by atoms with van der Waals surface area (Å²) in [6.07, 6.45) is 1.09. The fraction of sp³-hybridized carbons (Fsp3) is 0.400. The van der Waals surface area contributed by atoms with Crippen molar-refractivity contribution >= 4 is 0 Å². The van der Waals surface area contributed by atoms with E-state index < -0.39 is 0 Å². The third kappa shape index (κ3) is 9.40. The van der Waals surface area contributed by atoms with Gasteiger partial charge in [-0.25, -0.2) is 0 Å². The zero-order valence-corrected chi connectivity index (χ0v) is 21.2. The fourth-order valence-electron chi connectivity index (χ4n) is 4.63. The Kier molecular flexibility index (Phi) is 10.8. The second kappa shape index (κ2) is 14.0. The molecular weight excluding hydrogens is 416 g/mol. The van der Waals surface area contributed by atoms with Gasteiger partial charge in [0.2, 0.25) is 0 Å². The van der Waals surface area contributed by atoms with E-state index in [-0.39, 0.29) is 6.04 Å². The lowest BCUT2D eigenvalue weighted by Gasteiger charge is -2.32. The van der Waals surface area contributed by atoms with Gasteiger partial charge in [0.05, 0.1) is 0 Å². The van der Waals surface area contributed by atoms with Gasteiger partial charge >= 0.3 is 0 Å². The lowest BCUT2D eigenvalue weighted by atomic mass is 9.94. The van der Waals surface area contributed by atoms with Crippen LogP contribution in [0, 0.1) is 5.92 Å². The first-order valence-corrected chi connectivity index (χ1v) is 12.4. The first kappa shape index (κ1) is 26.1. The van der Waals surface area contributed by atoms with E-state index in [1.165, 1.54) is 16.7 Å². The molecule has 0 radical (unpaired) electrons. The van der Waals surface area contributed by atoms with Gasteiger partial charge in [0.25, 0.3) is 0 Å². The predicted molar refractivity (Wildman–Crippen MR) is 144 cm³/mol. The van der Waals surface area contributed by atoms with E-state index in [2.05, 4.69) is 127 Å². The van der Waals surface area contributed by atoms with E-state index in [1.807, 2.05) is 0 Å². The molecule has 4 heteroatoms. The average Bonchev–Trinajstić information content (AvgIpc) is 2.83. The summed E-state index contributed by atoms with van der Waals surface area (Å²) in [5.41, 5.74) is 10.9. The molecule has 3 rings (SSSR count). The molecule has 0 bridgehead atoms. The molecule has 3 aromatic carbocycles.